The molecule has 420 valence electrons. The SMILES string of the molecule is N#Cc1cc(Cl)cc2c1C[C@H](N1CCNCC1)[C@H]2Oc1ccc(S(=O)(=O)NCCOCCOCCNC(=O)NCCOCCOCCNS(=O)(=O)c2ccc(O[C@H]3c4cc(Cl)cc(C#N)c4C[C@@H]3N3CCNCC3)cc2)cc1. The highest BCUT2D eigenvalue weighted by molar-refractivity contribution is 7.89. The zero-order valence-electron chi connectivity index (χ0n) is 43.1. The van der Waals surface area contributed by atoms with Crippen molar-refractivity contribution in [3.63, 3.8) is 0 Å². The van der Waals surface area contributed by atoms with Crippen LogP contribution in [0.25, 0.3) is 0 Å². The smallest absolute Gasteiger partial charge is 0.314 e. The summed E-state index contributed by atoms with van der Waals surface area (Å²) in [6.45, 7) is 9.03. The molecule has 2 aliphatic carbocycles. The van der Waals surface area contributed by atoms with E-state index in [0.717, 1.165) is 74.6 Å². The maximum absolute atomic E-state index is 13.0. The van der Waals surface area contributed by atoms with Crippen molar-refractivity contribution < 1.29 is 50.1 Å². The summed E-state index contributed by atoms with van der Waals surface area (Å²) in [4.78, 5) is 17.0. The molecule has 2 aliphatic heterocycles. The van der Waals surface area contributed by atoms with E-state index >= 15 is 0 Å². The number of urea groups is 1. The number of fused-ring (bicyclic) bond motifs is 2. The number of piperazine rings is 2. The van der Waals surface area contributed by atoms with Crippen LogP contribution in [0.3, 0.4) is 0 Å². The molecule has 4 atom stereocenters. The molecule has 21 nitrogen and oxygen atoms in total. The predicted octanol–water partition coefficient (Wildman–Crippen LogP) is 3.26. The van der Waals surface area contributed by atoms with Crippen LogP contribution in [0.1, 0.15) is 45.6 Å². The highest BCUT2D eigenvalue weighted by Crippen LogP contribution is 2.43. The number of amides is 2. The van der Waals surface area contributed by atoms with E-state index in [4.69, 9.17) is 51.6 Å². The number of carbonyl (C=O) groups excluding carboxylic acids is 1. The lowest BCUT2D eigenvalue weighted by Crippen LogP contribution is -2.50. The van der Waals surface area contributed by atoms with Crippen LogP contribution in [0, 0.1) is 22.7 Å². The molecule has 0 aromatic heterocycles. The van der Waals surface area contributed by atoms with Crippen molar-refractivity contribution >= 4 is 49.3 Å². The molecule has 2 amide bonds. The number of rotatable bonds is 28. The van der Waals surface area contributed by atoms with Gasteiger partial charge in [-0.25, -0.2) is 31.1 Å². The molecule has 4 aromatic rings. The lowest BCUT2D eigenvalue weighted by atomic mass is 10.0. The number of nitrogens with zero attached hydrogens (tertiary/aromatic N) is 4. The van der Waals surface area contributed by atoms with Gasteiger partial charge < -0.3 is 49.7 Å². The van der Waals surface area contributed by atoms with Crippen LogP contribution in [0.15, 0.2) is 82.6 Å². The second kappa shape index (κ2) is 28.8. The largest absolute Gasteiger partial charge is 0.484 e. The van der Waals surface area contributed by atoms with Crippen molar-refractivity contribution in [3.05, 3.63) is 116 Å². The van der Waals surface area contributed by atoms with Crippen LogP contribution in [-0.2, 0) is 51.8 Å². The number of carbonyl (C=O) groups is 1. The van der Waals surface area contributed by atoms with Crippen molar-refractivity contribution in [1.82, 2.24) is 40.5 Å². The maximum atomic E-state index is 13.0. The lowest BCUT2D eigenvalue weighted by molar-refractivity contribution is 0.0504. The Bertz CT molecular complexity index is 2760. The molecule has 0 unspecified atom stereocenters. The van der Waals surface area contributed by atoms with Gasteiger partial charge in [-0.3, -0.25) is 9.80 Å². The summed E-state index contributed by atoms with van der Waals surface area (Å²) in [6, 6.07) is 23.7. The van der Waals surface area contributed by atoms with Gasteiger partial charge in [0.1, 0.15) is 23.7 Å². The minimum Gasteiger partial charge on any atom is -0.484 e. The highest BCUT2D eigenvalue weighted by atomic mass is 35.5. The molecule has 8 rings (SSSR count). The van der Waals surface area contributed by atoms with Crippen molar-refractivity contribution in [2.24, 2.45) is 0 Å². The molecule has 4 aromatic carbocycles. The van der Waals surface area contributed by atoms with Crippen molar-refractivity contribution in [3.8, 4) is 23.6 Å². The first-order chi connectivity index (χ1) is 37.8. The van der Waals surface area contributed by atoms with Gasteiger partial charge in [0.25, 0.3) is 0 Å². The summed E-state index contributed by atoms with van der Waals surface area (Å²) in [5.41, 5.74) is 4.68. The number of benzene rings is 4. The fourth-order valence-corrected chi connectivity index (χ4v) is 12.5. The van der Waals surface area contributed by atoms with E-state index in [1.807, 2.05) is 12.1 Å². The third-order valence-corrected chi connectivity index (χ3v) is 17.2. The standard InChI is InChI=1S/C53H66Cl2N10O11S2/c54-39-29-37(35-56)45-33-49(64-17-9-58-10-18-64)51(47(45)31-39)75-41-1-5-43(6-2-41)77(67,68)62-15-23-73-27-25-71-21-13-60-53(66)61-14-22-72-26-28-74-24-16-63-78(69,70)44-7-3-42(4-8-44)76-52-48-32-40(55)30-38(36-57)46(48)34-50(52)65-19-11-59-12-20-65/h1-8,29-32,49-52,58-59,62-63H,9-28,33-34H2,(H2,60,61,66)/t49-,50-,51-,52-/m0/s1. The Kier molecular flexibility index (Phi) is 21.8. The molecule has 2 saturated heterocycles. The van der Waals surface area contributed by atoms with Gasteiger partial charge in [0.05, 0.1) is 98.0 Å². The molecular formula is C53H66Cl2N10O11S2. The van der Waals surface area contributed by atoms with Crippen LogP contribution in [-0.4, -0.2) is 176 Å². The third-order valence-electron chi connectivity index (χ3n) is 13.8. The lowest BCUT2D eigenvalue weighted by Gasteiger charge is -2.36. The van der Waals surface area contributed by atoms with Gasteiger partial charge in [-0.1, -0.05) is 23.2 Å². The van der Waals surface area contributed by atoms with E-state index in [2.05, 4.69) is 52.6 Å². The Balaban J connectivity index is 0.624. The van der Waals surface area contributed by atoms with E-state index in [0.29, 0.717) is 45.5 Å². The summed E-state index contributed by atoms with van der Waals surface area (Å²) in [5, 5.41) is 32.7. The van der Waals surface area contributed by atoms with Gasteiger partial charge in [0, 0.05) is 88.6 Å². The highest BCUT2D eigenvalue weighted by Gasteiger charge is 2.42. The average Bonchev–Trinajstić information content (AvgIpc) is 4.06. The van der Waals surface area contributed by atoms with Crippen molar-refractivity contribution in [2.75, 3.05) is 131 Å². The number of hydrogen-bond donors (Lipinski definition) is 6. The van der Waals surface area contributed by atoms with Crippen LogP contribution in [0.2, 0.25) is 10.0 Å². The number of sulfonamides is 2. The normalized spacial score (nSPS) is 19.6. The molecule has 25 heteroatoms. The first kappa shape index (κ1) is 58.9. The number of ether oxygens (including phenoxy) is 6. The second-order valence-electron chi connectivity index (χ2n) is 18.8. The molecule has 2 heterocycles. The van der Waals surface area contributed by atoms with Crippen LogP contribution < -0.4 is 40.2 Å². The predicted molar refractivity (Wildman–Crippen MR) is 291 cm³/mol. The molecular weight excluding hydrogens is 1090 g/mol. The quantitative estimate of drug-likeness (QED) is 0.0446. The number of halogens is 2. The summed E-state index contributed by atoms with van der Waals surface area (Å²) >= 11 is 12.8. The Morgan fingerprint density at radius 3 is 1.27 bits per heavy atom. The van der Waals surface area contributed by atoms with Gasteiger partial charge in [-0.2, -0.15) is 10.5 Å². The average molecular weight is 1150 g/mol. The molecule has 6 N–H and O–H groups in total. The maximum Gasteiger partial charge on any atom is 0.314 e. The van der Waals surface area contributed by atoms with Crippen LogP contribution in [0.5, 0.6) is 11.5 Å². The molecule has 4 aliphatic rings. The zero-order valence-corrected chi connectivity index (χ0v) is 46.3. The first-order valence-corrected chi connectivity index (χ1v) is 29.8. The van der Waals surface area contributed by atoms with Gasteiger partial charge >= 0.3 is 6.03 Å². The molecule has 0 bridgehead atoms. The summed E-state index contributed by atoms with van der Waals surface area (Å²) in [7, 11) is -7.65. The minimum absolute atomic E-state index is 0.00392. The first-order valence-electron chi connectivity index (χ1n) is 26.0. The van der Waals surface area contributed by atoms with Crippen molar-refractivity contribution in [2.45, 2.75) is 46.9 Å². The summed E-state index contributed by atoms with van der Waals surface area (Å²) in [5.74, 6) is 0.999. The van der Waals surface area contributed by atoms with E-state index in [1.54, 1.807) is 36.4 Å². The third kappa shape index (κ3) is 16.0. The Morgan fingerprint density at radius 1 is 0.551 bits per heavy atom. The van der Waals surface area contributed by atoms with E-state index < -0.39 is 26.1 Å². The summed E-state index contributed by atoms with van der Waals surface area (Å²) < 4.78 is 92.3. The topological polar surface area (TPSA) is 267 Å². The number of nitrogens with one attached hydrogen (secondary N) is 6. The van der Waals surface area contributed by atoms with E-state index in [-0.39, 0.29) is 113 Å². The minimum atomic E-state index is -3.82. The van der Waals surface area contributed by atoms with Crippen molar-refractivity contribution in [1.29, 1.82) is 10.5 Å². The van der Waals surface area contributed by atoms with Crippen LogP contribution in [0.4, 0.5) is 4.79 Å². The molecule has 0 saturated carbocycles. The van der Waals surface area contributed by atoms with Gasteiger partial charge in [0.15, 0.2) is 0 Å². The van der Waals surface area contributed by atoms with E-state index in [9.17, 15) is 32.2 Å². The van der Waals surface area contributed by atoms with E-state index in [1.165, 1.54) is 24.3 Å². The molecule has 78 heavy (non-hydrogen) atoms. The fraction of sp³-hybridized carbons (Fsp3) is 0.491. The molecule has 2 fully saturated rings. The molecule has 0 spiro atoms. The Hall–Kier alpha value is -5.19. The molecule has 0 radical (unpaired) electrons. The summed E-state index contributed by atoms with van der Waals surface area (Å²) in [6.07, 6.45) is 0.536. The Morgan fingerprint density at radius 2 is 0.910 bits per heavy atom. The fourth-order valence-electron chi connectivity index (χ4n) is 10.0. The number of hydrogen-bond acceptors (Lipinski definition) is 17. The Labute approximate surface area is 466 Å². The van der Waals surface area contributed by atoms with Gasteiger partial charge in [-0.15, -0.1) is 0 Å². The zero-order chi connectivity index (χ0) is 54.9. The second-order valence-corrected chi connectivity index (χ2v) is 23.2. The van der Waals surface area contributed by atoms with Crippen LogP contribution >= 0.6 is 23.2 Å². The van der Waals surface area contributed by atoms with Gasteiger partial charge in [-0.05, 0) is 108 Å². The monoisotopic (exact) mass is 1150 g/mol. The van der Waals surface area contributed by atoms with Gasteiger partial charge in [0.2, 0.25) is 20.0 Å². The number of nitriles is 2.